The second-order valence-electron chi connectivity index (χ2n) is 10.8. The summed E-state index contributed by atoms with van der Waals surface area (Å²) in [7, 11) is 6.28. The lowest BCUT2D eigenvalue weighted by Crippen LogP contribution is -2.49. The number of likely N-dealkylation sites (tertiary alicyclic amines) is 1. The summed E-state index contributed by atoms with van der Waals surface area (Å²) in [4.78, 5) is 50.3. The van der Waals surface area contributed by atoms with Gasteiger partial charge in [-0.15, -0.1) is 0 Å². The van der Waals surface area contributed by atoms with Gasteiger partial charge in [0.1, 0.15) is 5.58 Å². The topological polar surface area (TPSA) is 172 Å². The number of benzene rings is 1. The number of carboxylic acids is 3. The number of fused-ring (bicyclic) bond motifs is 1. The summed E-state index contributed by atoms with van der Waals surface area (Å²) < 4.78 is 5.74. The molecule has 1 aromatic heterocycles. The van der Waals surface area contributed by atoms with Gasteiger partial charge in [0.05, 0.1) is 25.5 Å². The fourth-order valence-electron chi connectivity index (χ4n) is 4.58. The van der Waals surface area contributed by atoms with Gasteiger partial charge >= 0.3 is 17.9 Å². The van der Waals surface area contributed by atoms with Gasteiger partial charge in [-0.05, 0) is 84.2 Å². The fraction of sp³-hybridized carbons (Fsp3) is 0.571. The van der Waals surface area contributed by atoms with Crippen LogP contribution in [0.1, 0.15) is 42.4 Å². The summed E-state index contributed by atoms with van der Waals surface area (Å²) in [5.41, 5.74) is 1.59. The van der Waals surface area contributed by atoms with E-state index in [0.29, 0.717) is 12.5 Å². The van der Waals surface area contributed by atoms with Crippen LogP contribution in [0.4, 0.5) is 0 Å². The molecule has 0 unspecified atom stereocenters. The largest absolute Gasteiger partial charge is 0.481 e. The third kappa shape index (κ3) is 9.32. The summed E-state index contributed by atoms with van der Waals surface area (Å²) in [5.74, 6) is -4.80. The van der Waals surface area contributed by atoms with Crippen LogP contribution in [0.5, 0.6) is 0 Å². The quantitative estimate of drug-likeness (QED) is 0.314. The molecule has 2 heterocycles. The maximum Gasteiger partial charge on any atom is 0.336 e. The molecule has 0 spiro atoms. The first-order chi connectivity index (χ1) is 18.6. The minimum atomic E-state index is -2.74. The normalized spacial score (nSPS) is 14.6. The van der Waals surface area contributed by atoms with Crippen molar-refractivity contribution in [1.29, 1.82) is 0 Å². The van der Waals surface area contributed by atoms with Crippen LogP contribution in [-0.4, -0.2) is 118 Å². The summed E-state index contributed by atoms with van der Waals surface area (Å²) in [6, 6.07) is 4.56. The van der Waals surface area contributed by atoms with Crippen LogP contribution in [-0.2, 0) is 25.6 Å². The number of aryl methyl sites for hydroxylation is 2. The molecule has 0 saturated carbocycles. The standard InChI is InChI=1S/C22H33N3O2.C6H8O7/c1-16-12-20-18(15-27-21(20)13-17(16)2)14-22(26)25(11-10-23(3)4)19-6-8-24(5)9-7-19;7-3(8)1-6(13,5(11)12)2-4(9)10/h12-13,15,19H,6-11,14H2,1-5H3;13H,1-2H2,(H,7,8)(H,9,10)(H,11,12). The Balaban J connectivity index is 0.000000366. The molecule has 4 N–H and O–H groups in total. The third-order valence-corrected chi connectivity index (χ3v) is 7.13. The monoisotopic (exact) mass is 563 g/mol. The molecular weight excluding hydrogens is 522 g/mol. The molecule has 2 aromatic rings. The van der Waals surface area contributed by atoms with Crippen LogP contribution in [0, 0.1) is 13.8 Å². The Kier molecular flexibility index (Phi) is 11.7. The first kappa shape index (κ1) is 32.7. The Morgan fingerprint density at radius 1 is 0.975 bits per heavy atom. The van der Waals surface area contributed by atoms with Gasteiger partial charge in [-0.25, -0.2) is 4.79 Å². The molecule has 40 heavy (non-hydrogen) atoms. The van der Waals surface area contributed by atoms with Gasteiger partial charge in [-0.2, -0.15) is 0 Å². The Bertz CT molecular complexity index is 1180. The molecule has 1 amide bonds. The van der Waals surface area contributed by atoms with Gasteiger partial charge in [0.2, 0.25) is 5.91 Å². The highest BCUT2D eigenvalue weighted by Crippen LogP contribution is 2.26. The first-order valence-corrected chi connectivity index (χ1v) is 13.1. The number of furan rings is 1. The number of carbonyl (C=O) groups excluding carboxylic acids is 1. The molecule has 1 fully saturated rings. The number of nitrogens with zero attached hydrogens (tertiary/aromatic N) is 3. The predicted octanol–water partition coefficient (Wildman–Crippen LogP) is 1.83. The van der Waals surface area contributed by atoms with E-state index in [4.69, 9.17) is 24.8 Å². The van der Waals surface area contributed by atoms with Crippen molar-refractivity contribution in [2.75, 3.05) is 47.3 Å². The fourth-order valence-corrected chi connectivity index (χ4v) is 4.58. The van der Waals surface area contributed by atoms with Crippen LogP contribution in [0.3, 0.4) is 0 Å². The van der Waals surface area contributed by atoms with E-state index in [2.05, 4.69) is 61.8 Å². The van der Waals surface area contributed by atoms with Gasteiger partial charge in [0, 0.05) is 30.1 Å². The van der Waals surface area contributed by atoms with Crippen molar-refractivity contribution in [3.8, 4) is 0 Å². The van der Waals surface area contributed by atoms with E-state index in [9.17, 15) is 19.2 Å². The van der Waals surface area contributed by atoms with E-state index >= 15 is 0 Å². The predicted molar refractivity (Wildman–Crippen MR) is 147 cm³/mol. The summed E-state index contributed by atoms with van der Waals surface area (Å²) in [5, 5.41) is 34.9. The van der Waals surface area contributed by atoms with E-state index in [-0.39, 0.29) is 5.91 Å². The molecule has 1 saturated heterocycles. The lowest BCUT2D eigenvalue weighted by Gasteiger charge is -2.38. The van der Waals surface area contributed by atoms with E-state index in [1.54, 1.807) is 6.26 Å². The van der Waals surface area contributed by atoms with Crippen LogP contribution < -0.4 is 0 Å². The van der Waals surface area contributed by atoms with E-state index in [1.165, 1.54) is 11.1 Å². The van der Waals surface area contributed by atoms with Crippen LogP contribution in [0.25, 0.3) is 11.0 Å². The molecule has 222 valence electrons. The van der Waals surface area contributed by atoms with Crippen LogP contribution >= 0.6 is 0 Å². The first-order valence-electron chi connectivity index (χ1n) is 13.1. The number of hydrogen-bond acceptors (Lipinski definition) is 8. The molecule has 1 aromatic carbocycles. The molecule has 12 nitrogen and oxygen atoms in total. The van der Waals surface area contributed by atoms with Crippen molar-refractivity contribution in [2.24, 2.45) is 0 Å². The van der Waals surface area contributed by atoms with E-state index in [0.717, 1.165) is 55.6 Å². The van der Waals surface area contributed by atoms with Gasteiger partial charge < -0.3 is 39.5 Å². The zero-order valence-electron chi connectivity index (χ0n) is 23.8. The van der Waals surface area contributed by atoms with Crippen molar-refractivity contribution in [3.05, 3.63) is 35.1 Å². The van der Waals surface area contributed by atoms with Crippen molar-refractivity contribution in [1.82, 2.24) is 14.7 Å². The van der Waals surface area contributed by atoms with Crippen molar-refractivity contribution in [3.63, 3.8) is 0 Å². The second-order valence-corrected chi connectivity index (χ2v) is 10.8. The highest BCUT2D eigenvalue weighted by molar-refractivity contribution is 5.89. The molecule has 0 radical (unpaired) electrons. The van der Waals surface area contributed by atoms with E-state index < -0.39 is 36.4 Å². The average Bonchev–Trinajstić information content (AvgIpc) is 3.20. The number of rotatable bonds is 11. The number of likely N-dealkylation sites (N-methyl/N-ethyl adjacent to an activating group) is 1. The molecule has 12 heteroatoms. The molecule has 0 aliphatic carbocycles. The number of amides is 1. The molecule has 1 aliphatic rings. The van der Waals surface area contributed by atoms with Crippen LogP contribution in [0.2, 0.25) is 0 Å². The lowest BCUT2D eigenvalue weighted by molar-refractivity contribution is -0.170. The number of aliphatic carboxylic acids is 3. The van der Waals surface area contributed by atoms with Crippen molar-refractivity contribution < 1.29 is 44.0 Å². The van der Waals surface area contributed by atoms with Gasteiger partial charge in [0.15, 0.2) is 5.60 Å². The molecule has 0 bridgehead atoms. The smallest absolute Gasteiger partial charge is 0.336 e. The molecule has 1 aliphatic heterocycles. The van der Waals surface area contributed by atoms with Gasteiger partial charge in [0.25, 0.3) is 0 Å². The zero-order valence-corrected chi connectivity index (χ0v) is 23.8. The number of aliphatic hydroxyl groups is 1. The SMILES string of the molecule is Cc1cc2occ(CC(=O)N(CCN(C)C)C3CCN(C)CC3)c2cc1C.O=C(O)CC(O)(CC(=O)O)C(=O)O. The Hall–Kier alpha value is -3.48. The Morgan fingerprint density at radius 2 is 1.52 bits per heavy atom. The van der Waals surface area contributed by atoms with Crippen LogP contribution in [0.15, 0.2) is 22.8 Å². The highest BCUT2D eigenvalue weighted by atomic mass is 16.4. The minimum Gasteiger partial charge on any atom is -0.481 e. The number of carbonyl (C=O) groups is 4. The molecular formula is C28H41N3O9. The Labute approximate surface area is 233 Å². The number of carboxylic acid groups (broad SMARTS) is 3. The van der Waals surface area contributed by atoms with Crippen molar-refractivity contribution in [2.45, 2.75) is 57.6 Å². The van der Waals surface area contributed by atoms with Crippen molar-refractivity contribution >= 4 is 34.8 Å². The zero-order chi connectivity index (χ0) is 30.2. The summed E-state index contributed by atoms with van der Waals surface area (Å²) >= 11 is 0. The number of piperidine rings is 1. The molecule has 0 atom stereocenters. The number of hydrogen-bond donors (Lipinski definition) is 4. The molecule has 3 rings (SSSR count). The maximum absolute atomic E-state index is 13.3. The minimum absolute atomic E-state index is 0.215. The summed E-state index contributed by atoms with van der Waals surface area (Å²) in [6.07, 6.45) is 2.00. The highest BCUT2D eigenvalue weighted by Gasteiger charge is 2.40. The Morgan fingerprint density at radius 3 is 2.02 bits per heavy atom. The average molecular weight is 564 g/mol. The van der Waals surface area contributed by atoms with Gasteiger partial charge in [-0.3, -0.25) is 14.4 Å². The second kappa shape index (κ2) is 14.2. The lowest BCUT2D eigenvalue weighted by atomic mass is 9.96. The van der Waals surface area contributed by atoms with Gasteiger partial charge in [-0.1, -0.05) is 0 Å². The summed E-state index contributed by atoms with van der Waals surface area (Å²) in [6.45, 7) is 7.99. The maximum atomic E-state index is 13.3. The third-order valence-electron chi connectivity index (χ3n) is 7.13. The van der Waals surface area contributed by atoms with E-state index in [1.807, 2.05) is 0 Å².